The van der Waals surface area contributed by atoms with Crippen molar-refractivity contribution in [3.05, 3.63) is 42.5 Å². The van der Waals surface area contributed by atoms with Crippen LogP contribution in [0.3, 0.4) is 0 Å². The van der Waals surface area contributed by atoms with Crippen molar-refractivity contribution in [3.8, 4) is 0 Å². The lowest BCUT2D eigenvalue weighted by molar-refractivity contribution is 0.389. The van der Waals surface area contributed by atoms with E-state index in [2.05, 4.69) is 46.6 Å². The van der Waals surface area contributed by atoms with Gasteiger partial charge in [0, 0.05) is 17.0 Å². The van der Waals surface area contributed by atoms with E-state index < -0.39 is 0 Å². The molecule has 0 bridgehead atoms. The number of nitrogens with one attached hydrogen (secondary N) is 1. The maximum Gasteiger partial charge on any atom is 0.137 e. The minimum absolute atomic E-state index is 0.378. The molecule has 0 amide bonds. The zero-order valence-corrected chi connectivity index (χ0v) is 11.8. The third-order valence-electron chi connectivity index (χ3n) is 3.37. The molecule has 0 fully saturated rings. The Hall–Kier alpha value is -1.33. The summed E-state index contributed by atoms with van der Waals surface area (Å²) in [5.41, 5.74) is 1.43. The molecule has 100 valence electrons. The van der Waals surface area contributed by atoms with Crippen LogP contribution in [0.5, 0.6) is 0 Å². The Morgan fingerprint density at radius 1 is 1.47 bits per heavy atom. The summed E-state index contributed by atoms with van der Waals surface area (Å²) in [7, 11) is 0. The third-order valence-corrected chi connectivity index (χ3v) is 4.49. The smallest absolute Gasteiger partial charge is 0.137 e. The summed E-state index contributed by atoms with van der Waals surface area (Å²) in [4.78, 5) is 5.39. The van der Waals surface area contributed by atoms with Gasteiger partial charge in [0.05, 0.1) is 6.54 Å². The summed E-state index contributed by atoms with van der Waals surface area (Å²) in [6.07, 6.45) is 4.53. The molecule has 2 atom stereocenters. The van der Waals surface area contributed by atoms with E-state index in [1.807, 2.05) is 16.4 Å². The average molecular weight is 274 g/mol. The van der Waals surface area contributed by atoms with Gasteiger partial charge in [-0.3, -0.25) is 4.68 Å². The molecular weight excluding hydrogens is 256 g/mol. The molecule has 0 unspecified atom stereocenters. The molecule has 1 aromatic carbocycles. The fourth-order valence-corrected chi connectivity index (χ4v) is 3.64. The maximum absolute atomic E-state index is 4.16. The molecule has 2 aromatic rings. The van der Waals surface area contributed by atoms with E-state index in [4.69, 9.17) is 0 Å². The highest BCUT2D eigenvalue weighted by Crippen LogP contribution is 2.35. The monoisotopic (exact) mass is 274 g/mol. The van der Waals surface area contributed by atoms with Crippen LogP contribution in [0.4, 0.5) is 0 Å². The highest BCUT2D eigenvalue weighted by atomic mass is 32.2. The Morgan fingerprint density at radius 2 is 2.37 bits per heavy atom. The van der Waals surface area contributed by atoms with Gasteiger partial charge < -0.3 is 5.32 Å². The first-order valence-corrected chi connectivity index (χ1v) is 7.61. The van der Waals surface area contributed by atoms with Crippen LogP contribution in [-0.2, 0) is 6.54 Å². The van der Waals surface area contributed by atoms with Crippen molar-refractivity contribution in [2.24, 2.45) is 0 Å². The molecule has 1 aliphatic heterocycles. The fraction of sp³-hybridized carbons (Fsp3) is 0.429. The Balaban J connectivity index is 1.67. The molecule has 1 aliphatic rings. The molecule has 3 rings (SSSR count). The molecular formula is C14H18N4S. The molecule has 1 N–H and O–H groups in total. The van der Waals surface area contributed by atoms with Crippen molar-refractivity contribution in [1.29, 1.82) is 0 Å². The summed E-state index contributed by atoms with van der Waals surface area (Å²) in [5, 5.41) is 7.87. The number of hydrogen-bond donors (Lipinski definition) is 1. The van der Waals surface area contributed by atoms with Gasteiger partial charge >= 0.3 is 0 Å². The van der Waals surface area contributed by atoms with Crippen LogP contribution >= 0.6 is 11.8 Å². The minimum Gasteiger partial charge on any atom is -0.306 e. The van der Waals surface area contributed by atoms with E-state index in [0.29, 0.717) is 12.1 Å². The summed E-state index contributed by atoms with van der Waals surface area (Å²) in [6, 6.07) is 9.53. The highest BCUT2D eigenvalue weighted by molar-refractivity contribution is 7.99. The summed E-state index contributed by atoms with van der Waals surface area (Å²) < 4.78 is 1.88. The molecule has 1 aromatic heterocycles. The number of rotatable bonds is 4. The van der Waals surface area contributed by atoms with Gasteiger partial charge in [0.1, 0.15) is 12.7 Å². The first-order chi connectivity index (χ1) is 9.33. The second-order valence-corrected chi connectivity index (χ2v) is 6.05. The molecule has 0 saturated heterocycles. The Bertz CT molecular complexity index is 526. The zero-order valence-electron chi connectivity index (χ0n) is 11.0. The average Bonchev–Trinajstić information content (AvgIpc) is 2.92. The van der Waals surface area contributed by atoms with Crippen LogP contribution in [0.2, 0.25) is 0 Å². The minimum atomic E-state index is 0.378. The van der Waals surface area contributed by atoms with Gasteiger partial charge in [-0.2, -0.15) is 5.10 Å². The topological polar surface area (TPSA) is 42.7 Å². The van der Waals surface area contributed by atoms with Gasteiger partial charge in [0.2, 0.25) is 0 Å². The summed E-state index contributed by atoms with van der Waals surface area (Å²) in [6.45, 7) is 3.05. The molecule has 19 heavy (non-hydrogen) atoms. The van der Waals surface area contributed by atoms with E-state index in [1.165, 1.54) is 22.6 Å². The molecule has 0 radical (unpaired) electrons. The Morgan fingerprint density at radius 3 is 3.21 bits per heavy atom. The highest BCUT2D eigenvalue weighted by Gasteiger charge is 2.21. The van der Waals surface area contributed by atoms with E-state index >= 15 is 0 Å². The second kappa shape index (κ2) is 5.75. The second-order valence-electron chi connectivity index (χ2n) is 4.91. The van der Waals surface area contributed by atoms with Crippen molar-refractivity contribution in [2.45, 2.75) is 36.9 Å². The van der Waals surface area contributed by atoms with E-state index in [0.717, 1.165) is 6.54 Å². The number of thioether (sulfide) groups is 1. The Labute approximate surface area is 117 Å². The molecule has 0 saturated carbocycles. The first-order valence-electron chi connectivity index (χ1n) is 6.63. The van der Waals surface area contributed by atoms with Crippen LogP contribution in [0.1, 0.15) is 24.9 Å². The quantitative estimate of drug-likeness (QED) is 0.930. The van der Waals surface area contributed by atoms with Crippen LogP contribution in [0.25, 0.3) is 0 Å². The normalized spacial score (nSPS) is 19.9. The number of hydrogen-bond acceptors (Lipinski definition) is 4. The number of benzene rings is 1. The molecule has 4 nitrogen and oxygen atoms in total. The number of aromatic nitrogens is 3. The van der Waals surface area contributed by atoms with Gasteiger partial charge in [-0.15, -0.1) is 11.8 Å². The van der Waals surface area contributed by atoms with Crippen LogP contribution in [0.15, 0.2) is 41.8 Å². The molecule has 5 heteroatoms. The van der Waals surface area contributed by atoms with E-state index in [9.17, 15) is 0 Å². The number of fused-ring (bicyclic) bond motifs is 1. The molecule has 2 heterocycles. The van der Waals surface area contributed by atoms with Crippen molar-refractivity contribution in [2.75, 3.05) is 5.75 Å². The molecule has 0 spiro atoms. The SMILES string of the molecule is C[C@@H](Cn1cncn1)N[C@H]1CCSc2ccccc21. The van der Waals surface area contributed by atoms with E-state index in [-0.39, 0.29) is 0 Å². The van der Waals surface area contributed by atoms with Crippen LogP contribution in [-0.4, -0.2) is 26.6 Å². The van der Waals surface area contributed by atoms with Gasteiger partial charge in [-0.05, 0) is 30.7 Å². The Kier molecular flexibility index (Phi) is 3.84. The fourth-order valence-electron chi connectivity index (χ4n) is 2.52. The van der Waals surface area contributed by atoms with Crippen LogP contribution in [0, 0.1) is 0 Å². The summed E-state index contributed by atoms with van der Waals surface area (Å²) >= 11 is 1.96. The van der Waals surface area contributed by atoms with Crippen molar-refractivity contribution in [3.63, 3.8) is 0 Å². The van der Waals surface area contributed by atoms with Crippen LogP contribution < -0.4 is 5.32 Å². The summed E-state index contributed by atoms with van der Waals surface area (Å²) in [5.74, 6) is 1.19. The number of nitrogens with zero attached hydrogens (tertiary/aromatic N) is 3. The lowest BCUT2D eigenvalue weighted by Crippen LogP contribution is -2.35. The predicted octanol–water partition coefficient (Wildman–Crippen LogP) is 2.49. The van der Waals surface area contributed by atoms with E-state index in [1.54, 1.807) is 12.7 Å². The van der Waals surface area contributed by atoms with Gasteiger partial charge in [0.25, 0.3) is 0 Å². The predicted molar refractivity (Wildman–Crippen MR) is 77.1 cm³/mol. The van der Waals surface area contributed by atoms with Crippen molar-refractivity contribution in [1.82, 2.24) is 20.1 Å². The first kappa shape index (κ1) is 12.7. The maximum atomic E-state index is 4.16. The van der Waals surface area contributed by atoms with Crippen molar-refractivity contribution >= 4 is 11.8 Å². The lowest BCUT2D eigenvalue weighted by atomic mass is 10.0. The third kappa shape index (κ3) is 2.98. The zero-order chi connectivity index (χ0) is 13.1. The van der Waals surface area contributed by atoms with Gasteiger partial charge in [-0.25, -0.2) is 4.98 Å². The van der Waals surface area contributed by atoms with Crippen molar-refractivity contribution < 1.29 is 0 Å². The van der Waals surface area contributed by atoms with Gasteiger partial charge in [0.15, 0.2) is 0 Å². The largest absolute Gasteiger partial charge is 0.306 e. The lowest BCUT2D eigenvalue weighted by Gasteiger charge is -2.28. The van der Waals surface area contributed by atoms with Gasteiger partial charge in [-0.1, -0.05) is 18.2 Å². The molecule has 0 aliphatic carbocycles. The standard InChI is InChI=1S/C14H18N4S/c1-11(8-18-10-15-9-16-18)17-13-6-7-19-14-5-3-2-4-12(13)14/h2-5,9-11,13,17H,6-8H2,1H3/t11-,13-/m0/s1.